The summed E-state index contributed by atoms with van der Waals surface area (Å²) in [5.74, 6) is 1.35. The van der Waals surface area contributed by atoms with Crippen LogP contribution in [0.5, 0.6) is 5.75 Å². The molecule has 1 heterocycles. The van der Waals surface area contributed by atoms with E-state index < -0.39 is 0 Å². The molecule has 0 radical (unpaired) electrons. The van der Waals surface area contributed by atoms with Gasteiger partial charge in [0.1, 0.15) is 17.9 Å². The monoisotopic (exact) mass is 339 g/mol. The lowest BCUT2D eigenvalue weighted by atomic mass is 10.1. The molecule has 2 aromatic carbocycles. The van der Waals surface area contributed by atoms with Crippen molar-refractivity contribution in [2.24, 2.45) is 0 Å². The number of rotatable bonds is 5. The van der Waals surface area contributed by atoms with Crippen molar-refractivity contribution < 1.29 is 9.53 Å². The first-order chi connectivity index (χ1) is 11.7. The van der Waals surface area contributed by atoms with Crippen LogP contribution in [-0.2, 0) is 0 Å². The molecule has 0 saturated heterocycles. The first-order valence-electron chi connectivity index (χ1n) is 7.18. The molecule has 0 saturated carbocycles. The molecule has 6 heteroatoms. The summed E-state index contributed by atoms with van der Waals surface area (Å²) >= 11 is 6.04. The van der Waals surface area contributed by atoms with E-state index in [4.69, 9.17) is 16.3 Å². The average Bonchev–Trinajstić information content (AvgIpc) is 2.62. The second kappa shape index (κ2) is 7.10. The van der Waals surface area contributed by atoms with Crippen LogP contribution in [0.15, 0.2) is 54.9 Å². The minimum Gasteiger partial charge on any atom is -0.496 e. The number of nitrogens with zero attached hydrogens (tertiary/aromatic N) is 2. The summed E-state index contributed by atoms with van der Waals surface area (Å²) in [6.45, 7) is 0. The molecule has 24 heavy (non-hydrogen) atoms. The number of hydrogen-bond donors (Lipinski definition) is 1. The van der Waals surface area contributed by atoms with Crippen molar-refractivity contribution in [3.05, 3.63) is 65.4 Å². The lowest BCUT2D eigenvalue weighted by Crippen LogP contribution is -1.97. The summed E-state index contributed by atoms with van der Waals surface area (Å²) in [7, 11) is 1.62. The number of carbonyl (C=O) groups excluding carboxylic acids is 1. The third kappa shape index (κ3) is 3.36. The Morgan fingerprint density at radius 2 is 1.96 bits per heavy atom. The van der Waals surface area contributed by atoms with Gasteiger partial charge in [-0.2, -0.15) is 0 Å². The molecule has 0 fully saturated rings. The van der Waals surface area contributed by atoms with E-state index in [0.717, 1.165) is 29.0 Å². The minimum absolute atomic E-state index is 0.383. The van der Waals surface area contributed by atoms with Gasteiger partial charge in [0.15, 0.2) is 6.29 Å². The van der Waals surface area contributed by atoms with Gasteiger partial charge in [-0.1, -0.05) is 23.7 Å². The first kappa shape index (κ1) is 16.0. The maximum absolute atomic E-state index is 10.8. The number of benzene rings is 2. The Labute approximate surface area is 144 Å². The standard InChI is InChI=1S/C18H14ClN3O2/c1-24-17-5-3-2-4-14(17)16-9-18(21-11-20-16)22-13-7-6-12(10-23)15(19)8-13/h2-11H,1H3,(H,20,21,22). The minimum atomic E-state index is 0.383. The maximum Gasteiger partial charge on any atom is 0.151 e. The number of ether oxygens (including phenoxy) is 1. The van der Waals surface area contributed by atoms with Crippen LogP contribution < -0.4 is 10.1 Å². The fourth-order valence-corrected chi connectivity index (χ4v) is 2.50. The Hall–Kier alpha value is -2.92. The van der Waals surface area contributed by atoms with Crippen LogP contribution in [0.1, 0.15) is 10.4 Å². The molecule has 0 amide bonds. The summed E-state index contributed by atoms with van der Waals surface area (Å²) in [6, 6.07) is 14.5. The van der Waals surface area contributed by atoms with Crippen molar-refractivity contribution in [1.82, 2.24) is 9.97 Å². The number of hydrogen-bond acceptors (Lipinski definition) is 5. The number of aldehydes is 1. The van der Waals surface area contributed by atoms with Gasteiger partial charge in [0, 0.05) is 22.9 Å². The molecular formula is C18H14ClN3O2. The smallest absolute Gasteiger partial charge is 0.151 e. The SMILES string of the molecule is COc1ccccc1-c1cc(Nc2ccc(C=O)c(Cl)c2)ncn1. The molecule has 0 aliphatic carbocycles. The summed E-state index contributed by atoms with van der Waals surface area (Å²) in [5.41, 5.74) is 2.79. The fraction of sp³-hybridized carbons (Fsp3) is 0.0556. The largest absolute Gasteiger partial charge is 0.496 e. The van der Waals surface area contributed by atoms with Gasteiger partial charge >= 0.3 is 0 Å². The zero-order valence-corrected chi connectivity index (χ0v) is 13.6. The van der Waals surface area contributed by atoms with Gasteiger partial charge in [-0.3, -0.25) is 4.79 Å². The first-order valence-corrected chi connectivity index (χ1v) is 7.56. The van der Waals surface area contributed by atoms with Crippen molar-refractivity contribution in [3.8, 4) is 17.0 Å². The number of methoxy groups -OCH3 is 1. The third-order valence-electron chi connectivity index (χ3n) is 3.45. The van der Waals surface area contributed by atoms with Crippen LogP contribution in [0.25, 0.3) is 11.3 Å². The van der Waals surface area contributed by atoms with Crippen molar-refractivity contribution >= 4 is 29.4 Å². The van der Waals surface area contributed by atoms with Gasteiger partial charge in [0.2, 0.25) is 0 Å². The highest BCUT2D eigenvalue weighted by molar-refractivity contribution is 6.33. The third-order valence-corrected chi connectivity index (χ3v) is 3.78. The molecule has 0 spiro atoms. The number of nitrogens with one attached hydrogen (secondary N) is 1. The highest BCUT2D eigenvalue weighted by Crippen LogP contribution is 2.29. The highest BCUT2D eigenvalue weighted by atomic mass is 35.5. The van der Waals surface area contributed by atoms with Crippen molar-refractivity contribution in [3.63, 3.8) is 0 Å². The van der Waals surface area contributed by atoms with Crippen LogP contribution in [0.2, 0.25) is 5.02 Å². The molecule has 1 aromatic heterocycles. The normalized spacial score (nSPS) is 10.2. The van der Waals surface area contributed by atoms with E-state index in [1.807, 2.05) is 30.3 Å². The number of halogens is 1. The van der Waals surface area contributed by atoms with Crippen LogP contribution in [0.3, 0.4) is 0 Å². The zero-order valence-electron chi connectivity index (χ0n) is 12.9. The summed E-state index contributed by atoms with van der Waals surface area (Å²) in [4.78, 5) is 19.3. The van der Waals surface area contributed by atoms with E-state index in [-0.39, 0.29) is 0 Å². The molecule has 120 valence electrons. The Morgan fingerprint density at radius 3 is 2.71 bits per heavy atom. The zero-order chi connectivity index (χ0) is 16.9. The fourth-order valence-electron chi connectivity index (χ4n) is 2.28. The lowest BCUT2D eigenvalue weighted by molar-refractivity contribution is 0.112. The average molecular weight is 340 g/mol. The molecule has 3 rings (SSSR count). The Balaban J connectivity index is 1.91. The summed E-state index contributed by atoms with van der Waals surface area (Å²) < 4.78 is 5.37. The molecule has 0 atom stereocenters. The second-order valence-electron chi connectivity index (χ2n) is 4.97. The summed E-state index contributed by atoms with van der Waals surface area (Å²) in [6.07, 6.45) is 2.20. The number of para-hydroxylation sites is 1. The van der Waals surface area contributed by atoms with Crippen LogP contribution >= 0.6 is 11.6 Å². The Morgan fingerprint density at radius 1 is 1.12 bits per heavy atom. The summed E-state index contributed by atoms with van der Waals surface area (Å²) in [5, 5.41) is 3.53. The molecule has 1 N–H and O–H groups in total. The van der Waals surface area contributed by atoms with E-state index in [0.29, 0.717) is 16.4 Å². The van der Waals surface area contributed by atoms with Crippen molar-refractivity contribution in [1.29, 1.82) is 0 Å². The molecule has 5 nitrogen and oxygen atoms in total. The molecule has 0 bridgehead atoms. The Kier molecular flexibility index (Phi) is 4.72. The molecule has 0 aliphatic heterocycles. The van der Waals surface area contributed by atoms with E-state index in [2.05, 4.69) is 15.3 Å². The molecule has 0 aliphatic rings. The van der Waals surface area contributed by atoms with Crippen LogP contribution in [0.4, 0.5) is 11.5 Å². The van der Waals surface area contributed by atoms with Gasteiger partial charge in [-0.15, -0.1) is 0 Å². The predicted molar refractivity (Wildman–Crippen MR) is 94.1 cm³/mol. The van der Waals surface area contributed by atoms with Crippen LogP contribution in [-0.4, -0.2) is 23.4 Å². The molecule has 3 aromatic rings. The Bertz CT molecular complexity index is 884. The lowest BCUT2D eigenvalue weighted by Gasteiger charge is -2.10. The van der Waals surface area contributed by atoms with Crippen LogP contribution in [0, 0.1) is 0 Å². The predicted octanol–water partition coefficient (Wildman–Crippen LogP) is 4.36. The number of anilines is 2. The van der Waals surface area contributed by atoms with Crippen molar-refractivity contribution in [2.45, 2.75) is 0 Å². The van der Waals surface area contributed by atoms with Crippen molar-refractivity contribution in [2.75, 3.05) is 12.4 Å². The molecule has 0 unspecified atom stereocenters. The van der Waals surface area contributed by atoms with Gasteiger partial charge < -0.3 is 10.1 Å². The van der Waals surface area contributed by atoms with E-state index in [1.54, 1.807) is 25.3 Å². The highest BCUT2D eigenvalue weighted by Gasteiger charge is 2.08. The maximum atomic E-state index is 10.8. The molecular weight excluding hydrogens is 326 g/mol. The van der Waals surface area contributed by atoms with E-state index in [1.165, 1.54) is 6.33 Å². The van der Waals surface area contributed by atoms with Gasteiger partial charge in [0.25, 0.3) is 0 Å². The van der Waals surface area contributed by atoms with E-state index in [9.17, 15) is 4.79 Å². The number of carbonyl (C=O) groups is 1. The van der Waals surface area contributed by atoms with E-state index >= 15 is 0 Å². The van der Waals surface area contributed by atoms with Gasteiger partial charge in [0.05, 0.1) is 17.8 Å². The second-order valence-corrected chi connectivity index (χ2v) is 5.38. The quantitative estimate of drug-likeness (QED) is 0.699. The van der Waals surface area contributed by atoms with Gasteiger partial charge in [-0.25, -0.2) is 9.97 Å². The topological polar surface area (TPSA) is 64.1 Å². The number of aromatic nitrogens is 2. The van der Waals surface area contributed by atoms with Gasteiger partial charge in [-0.05, 0) is 30.3 Å².